The average Bonchev–Trinajstić information content (AvgIpc) is 2.19. The summed E-state index contributed by atoms with van der Waals surface area (Å²) < 4.78 is 6.58. The van der Waals surface area contributed by atoms with Gasteiger partial charge in [0.05, 0.1) is 0 Å². The van der Waals surface area contributed by atoms with Crippen molar-refractivity contribution < 1.29 is 4.74 Å². The molecule has 0 aliphatic heterocycles. The van der Waals surface area contributed by atoms with Crippen molar-refractivity contribution in [3.63, 3.8) is 0 Å². The minimum atomic E-state index is 0.655. The van der Waals surface area contributed by atoms with Crippen molar-refractivity contribution in [1.29, 1.82) is 0 Å². The van der Waals surface area contributed by atoms with Crippen LogP contribution >= 0.6 is 0 Å². The molecule has 0 amide bonds. The Balaban J connectivity index is 2.40. The Bertz CT molecular complexity index is 230. The summed E-state index contributed by atoms with van der Waals surface area (Å²) in [6.45, 7) is 2.24. The van der Waals surface area contributed by atoms with E-state index in [1.165, 1.54) is 22.6 Å². The summed E-state index contributed by atoms with van der Waals surface area (Å²) in [5.74, 6) is 0.954. The van der Waals surface area contributed by atoms with Crippen LogP contribution in [0.25, 0.3) is 0 Å². The van der Waals surface area contributed by atoms with Gasteiger partial charge in [-0.05, 0) is 0 Å². The number of benzene rings is 1. The first kappa shape index (κ1) is 10.6. The van der Waals surface area contributed by atoms with Gasteiger partial charge in [-0.1, -0.05) is 0 Å². The number of rotatable bonds is 5. The molecule has 0 N–H and O–H groups in total. The van der Waals surface area contributed by atoms with Gasteiger partial charge < -0.3 is 0 Å². The Morgan fingerprint density at radius 1 is 1.23 bits per heavy atom. The first-order valence-corrected chi connectivity index (χ1v) is 6.70. The molecule has 1 rings (SSSR count). The van der Waals surface area contributed by atoms with Crippen LogP contribution in [0.15, 0.2) is 24.3 Å². The second-order valence-electron chi connectivity index (χ2n) is 2.88. The summed E-state index contributed by atoms with van der Waals surface area (Å²) in [6, 6.07) is 8.44. The van der Waals surface area contributed by atoms with E-state index in [1.807, 2.05) is 12.1 Å². The Morgan fingerprint density at radius 2 is 1.92 bits per heavy atom. The van der Waals surface area contributed by atoms with Crippen molar-refractivity contribution in [3.8, 4) is 5.75 Å². The average molecular weight is 243 g/mol. The molecule has 0 saturated heterocycles. The second-order valence-corrected chi connectivity index (χ2v) is 5.33. The molecule has 1 aromatic carbocycles. The molecule has 0 spiro atoms. The van der Waals surface area contributed by atoms with Crippen LogP contribution in [0.2, 0.25) is 5.32 Å². The molecule has 0 radical (unpaired) electrons. The zero-order valence-corrected chi connectivity index (χ0v) is 9.96. The maximum atomic E-state index is 5.10. The summed E-state index contributed by atoms with van der Waals surface area (Å²) in [6.07, 6.45) is 2.66. The summed E-state index contributed by atoms with van der Waals surface area (Å²) in [5, 5.41) is 1.36. The van der Waals surface area contributed by atoms with Crippen LogP contribution < -0.4 is 9.20 Å². The van der Waals surface area contributed by atoms with Crippen LogP contribution in [0.5, 0.6) is 5.75 Å². The first-order valence-electron chi connectivity index (χ1n) is 4.63. The van der Waals surface area contributed by atoms with E-state index in [0.29, 0.717) is 15.0 Å². The fourth-order valence-electron chi connectivity index (χ4n) is 1.01. The van der Waals surface area contributed by atoms with Gasteiger partial charge in [0.2, 0.25) is 0 Å². The van der Waals surface area contributed by atoms with Gasteiger partial charge in [0.15, 0.2) is 0 Å². The standard InChI is InChI=1S/C11H16OSe/c1-3-4-9-13-11-7-5-10(12-2)6-8-11/h5-8H,3-4,9H2,1-2H3. The van der Waals surface area contributed by atoms with Crippen molar-refractivity contribution in [3.05, 3.63) is 24.3 Å². The summed E-state index contributed by atoms with van der Waals surface area (Å²) >= 11 is 0.655. The van der Waals surface area contributed by atoms with Crippen LogP contribution in [0.3, 0.4) is 0 Å². The zero-order valence-electron chi connectivity index (χ0n) is 8.25. The Morgan fingerprint density at radius 3 is 2.46 bits per heavy atom. The van der Waals surface area contributed by atoms with Crippen molar-refractivity contribution in [2.75, 3.05) is 7.11 Å². The van der Waals surface area contributed by atoms with Gasteiger partial charge in [-0.3, -0.25) is 0 Å². The molecule has 0 fully saturated rings. The third kappa shape index (κ3) is 3.84. The fraction of sp³-hybridized carbons (Fsp3) is 0.455. The molecule has 0 aliphatic carbocycles. The Hall–Kier alpha value is -0.461. The zero-order chi connectivity index (χ0) is 9.52. The molecule has 0 saturated carbocycles. The van der Waals surface area contributed by atoms with Gasteiger partial charge in [-0.25, -0.2) is 0 Å². The van der Waals surface area contributed by atoms with Gasteiger partial charge >= 0.3 is 86.4 Å². The molecule has 72 valence electrons. The molecule has 13 heavy (non-hydrogen) atoms. The van der Waals surface area contributed by atoms with Crippen molar-refractivity contribution in [1.82, 2.24) is 0 Å². The first-order chi connectivity index (χ1) is 6.36. The van der Waals surface area contributed by atoms with Gasteiger partial charge in [0.1, 0.15) is 0 Å². The van der Waals surface area contributed by atoms with E-state index in [0.717, 1.165) is 5.75 Å². The topological polar surface area (TPSA) is 9.23 Å². The number of hydrogen-bond acceptors (Lipinski definition) is 1. The van der Waals surface area contributed by atoms with Crippen LogP contribution in [0.4, 0.5) is 0 Å². The van der Waals surface area contributed by atoms with Gasteiger partial charge in [0, 0.05) is 0 Å². The molecular formula is C11H16OSe. The third-order valence-electron chi connectivity index (χ3n) is 1.83. The third-order valence-corrected chi connectivity index (χ3v) is 4.13. The second kappa shape index (κ2) is 6.06. The van der Waals surface area contributed by atoms with Gasteiger partial charge in [0.25, 0.3) is 0 Å². The molecule has 0 bridgehead atoms. The number of methoxy groups -OCH3 is 1. The molecule has 1 aromatic rings. The van der Waals surface area contributed by atoms with E-state index in [4.69, 9.17) is 4.74 Å². The molecule has 0 heterocycles. The summed E-state index contributed by atoms with van der Waals surface area (Å²) in [4.78, 5) is 0. The normalized spacial score (nSPS) is 10.0. The molecule has 2 heteroatoms. The quantitative estimate of drug-likeness (QED) is 0.569. The van der Waals surface area contributed by atoms with Gasteiger partial charge in [-0.15, -0.1) is 0 Å². The number of unbranched alkanes of at least 4 members (excludes halogenated alkanes) is 1. The van der Waals surface area contributed by atoms with E-state index in [1.54, 1.807) is 7.11 Å². The molecule has 0 aliphatic rings. The van der Waals surface area contributed by atoms with Crippen LogP contribution in [0, 0.1) is 0 Å². The van der Waals surface area contributed by atoms with E-state index < -0.39 is 0 Å². The van der Waals surface area contributed by atoms with Crippen LogP contribution in [-0.2, 0) is 0 Å². The van der Waals surface area contributed by atoms with E-state index >= 15 is 0 Å². The van der Waals surface area contributed by atoms with E-state index in [9.17, 15) is 0 Å². The van der Waals surface area contributed by atoms with Crippen molar-refractivity contribution in [2.24, 2.45) is 0 Å². The molecule has 0 aromatic heterocycles. The molecular weight excluding hydrogens is 227 g/mol. The molecule has 0 atom stereocenters. The van der Waals surface area contributed by atoms with Crippen LogP contribution in [0.1, 0.15) is 19.8 Å². The summed E-state index contributed by atoms with van der Waals surface area (Å²) in [7, 11) is 1.71. The number of hydrogen-bond donors (Lipinski definition) is 0. The Labute approximate surface area is 86.7 Å². The Kier molecular flexibility index (Phi) is 4.95. The van der Waals surface area contributed by atoms with Crippen LogP contribution in [-0.4, -0.2) is 22.1 Å². The SMILES string of the molecule is CCCC[Se]c1ccc(OC)cc1. The monoisotopic (exact) mass is 244 g/mol. The molecule has 0 unspecified atom stereocenters. The maximum absolute atomic E-state index is 5.10. The number of ether oxygens (including phenoxy) is 1. The predicted molar refractivity (Wildman–Crippen MR) is 58.1 cm³/mol. The van der Waals surface area contributed by atoms with Crippen molar-refractivity contribution >= 4 is 19.4 Å². The fourth-order valence-corrected chi connectivity index (χ4v) is 3.10. The van der Waals surface area contributed by atoms with Crippen molar-refractivity contribution in [2.45, 2.75) is 25.1 Å². The molecule has 1 nitrogen and oxygen atoms in total. The summed E-state index contributed by atoms with van der Waals surface area (Å²) in [5.41, 5.74) is 0. The van der Waals surface area contributed by atoms with Gasteiger partial charge in [-0.2, -0.15) is 0 Å². The minimum absolute atomic E-state index is 0.655. The van der Waals surface area contributed by atoms with E-state index in [2.05, 4.69) is 19.1 Å². The predicted octanol–water partition coefficient (Wildman–Crippen LogP) is 2.24. The van der Waals surface area contributed by atoms with E-state index in [-0.39, 0.29) is 0 Å².